The SMILES string of the molecule is C#CC(=NC)/C(=C\C)C(C)C. The van der Waals surface area contributed by atoms with Crippen LogP contribution < -0.4 is 0 Å². The van der Waals surface area contributed by atoms with Crippen LogP contribution in [0.1, 0.15) is 20.8 Å². The summed E-state index contributed by atoms with van der Waals surface area (Å²) in [6.45, 7) is 6.20. The summed E-state index contributed by atoms with van der Waals surface area (Å²) in [6.07, 6.45) is 7.30. The molecule has 0 aliphatic carbocycles. The van der Waals surface area contributed by atoms with Crippen LogP contribution in [0.4, 0.5) is 0 Å². The van der Waals surface area contributed by atoms with Gasteiger partial charge in [0, 0.05) is 7.05 Å². The number of hydrogen-bond acceptors (Lipinski definition) is 1. The fraction of sp³-hybridized carbons (Fsp3) is 0.500. The second-order valence-corrected chi connectivity index (χ2v) is 2.62. The molecule has 0 radical (unpaired) electrons. The van der Waals surface area contributed by atoms with E-state index >= 15 is 0 Å². The van der Waals surface area contributed by atoms with Crippen molar-refractivity contribution < 1.29 is 0 Å². The van der Waals surface area contributed by atoms with Gasteiger partial charge in [-0.05, 0) is 18.4 Å². The molecule has 60 valence electrons. The lowest BCUT2D eigenvalue weighted by Crippen LogP contribution is -2.05. The zero-order valence-electron chi connectivity index (χ0n) is 7.68. The molecule has 0 saturated carbocycles. The van der Waals surface area contributed by atoms with Gasteiger partial charge >= 0.3 is 0 Å². The molecule has 11 heavy (non-hydrogen) atoms. The highest BCUT2D eigenvalue weighted by Gasteiger charge is 2.05. The average Bonchev–Trinajstić information content (AvgIpc) is 1.99. The van der Waals surface area contributed by atoms with E-state index < -0.39 is 0 Å². The van der Waals surface area contributed by atoms with Gasteiger partial charge in [0.25, 0.3) is 0 Å². The monoisotopic (exact) mass is 149 g/mol. The third-order valence-corrected chi connectivity index (χ3v) is 1.57. The van der Waals surface area contributed by atoms with Crippen LogP contribution in [0.25, 0.3) is 0 Å². The Kier molecular flexibility index (Phi) is 4.29. The van der Waals surface area contributed by atoms with Crippen LogP contribution in [-0.4, -0.2) is 12.8 Å². The summed E-state index contributed by atoms with van der Waals surface area (Å²) in [6, 6.07) is 0. The molecule has 0 rings (SSSR count). The molecule has 0 fully saturated rings. The molecule has 0 aliphatic heterocycles. The highest BCUT2D eigenvalue weighted by Crippen LogP contribution is 2.10. The smallest absolute Gasteiger partial charge is 0.110 e. The summed E-state index contributed by atoms with van der Waals surface area (Å²) in [4.78, 5) is 4.01. The Bertz CT molecular complexity index is 214. The highest BCUT2D eigenvalue weighted by atomic mass is 14.7. The molecule has 0 aliphatic rings. The fourth-order valence-electron chi connectivity index (χ4n) is 1.02. The van der Waals surface area contributed by atoms with E-state index in [-0.39, 0.29) is 0 Å². The van der Waals surface area contributed by atoms with Gasteiger partial charge in [0.1, 0.15) is 5.71 Å². The molecule has 0 amide bonds. The highest BCUT2D eigenvalue weighted by molar-refractivity contribution is 6.12. The van der Waals surface area contributed by atoms with Crippen molar-refractivity contribution in [3.05, 3.63) is 11.6 Å². The maximum atomic E-state index is 5.28. The van der Waals surface area contributed by atoms with Gasteiger partial charge in [0.2, 0.25) is 0 Å². The summed E-state index contributed by atoms with van der Waals surface area (Å²) in [5.41, 5.74) is 1.91. The van der Waals surface area contributed by atoms with Crippen molar-refractivity contribution in [3.8, 4) is 12.3 Å². The molecule has 0 heterocycles. The van der Waals surface area contributed by atoms with Gasteiger partial charge in [-0.15, -0.1) is 6.42 Å². The van der Waals surface area contributed by atoms with Gasteiger partial charge in [0.15, 0.2) is 0 Å². The fourth-order valence-corrected chi connectivity index (χ4v) is 1.02. The quantitative estimate of drug-likeness (QED) is 0.422. The third-order valence-electron chi connectivity index (χ3n) is 1.57. The topological polar surface area (TPSA) is 12.4 Å². The molecule has 0 bridgehead atoms. The summed E-state index contributed by atoms with van der Waals surface area (Å²) in [5, 5.41) is 0. The lowest BCUT2D eigenvalue weighted by Gasteiger charge is -2.07. The number of nitrogens with zero attached hydrogens (tertiary/aromatic N) is 1. The molecular formula is C10H15N. The lowest BCUT2D eigenvalue weighted by atomic mass is 9.98. The van der Waals surface area contributed by atoms with E-state index in [9.17, 15) is 0 Å². The lowest BCUT2D eigenvalue weighted by molar-refractivity contribution is 0.802. The molecule has 0 atom stereocenters. The van der Waals surface area contributed by atoms with Gasteiger partial charge in [0.05, 0.1) is 0 Å². The molecule has 0 unspecified atom stereocenters. The zero-order valence-corrected chi connectivity index (χ0v) is 7.68. The van der Waals surface area contributed by atoms with Crippen LogP contribution >= 0.6 is 0 Å². The first kappa shape index (κ1) is 9.97. The maximum absolute atomic E-state index is 5.28. The molecule has 0 aromatic heterocycles. The summed E-state index contributed by atoms with van der Waals surface area (Å²) in [7, 11) is 1.72. The minimum atomic E-state index is 0.453. The Balaban J connectivity index is 4.69. The van der Waals surface area contributed by atoms with Gasteiger partial charge in [-0.1, -0.05) is 25.8 Å². The predicted octanol–water partition coefficient (Wildman–Crippen LogP) is 2.29. The first-order chi connectivity index (χ1) is 5.17. The van der Waals surface area contributed by atoms with Crippen molar-refractivity contribution in [2.75, 3.05) is 7.05 Å². The van der Waals surface area contributed by atoms with Crippen molar-refractivity contribution in [2.45, 2.75) is 20.8 Å². The molecule has 0 saturated heterocycles. The third kappa shape index (κ3) is 2.59. The minimum absolute atomic E-state index is 0.453. The number of allylic oxidation sites excluding steroid dienone is 2. The zero-order chi connectivity index (χ0) is 8.85. The van der Waals surface area contributed by atoms with Crippen LogP contribution in [-0.2, 0) is 0 Å². The summed E-state index contributed by atoms with van der Waals surface area (Å²) >= 11 is 0. The number of hydrogen-bond donors (Lipinski definition) is 0. The normalized spacial score (nSPS) is 13.5. The summed E-state index contributed by atoms with van der Waals surface area (Å²) in [5.74, 6) is 3.02. The minimum Gasteiger partial charge on any atom is -0.279 e. The molecule has 0 aromatic rings. The van der Waals surface area contributed by atoms with Gasteiger partial charge in [-0.2, -0.15) is 0 Å². The van der Waals surface area contributed by atoms with Crippen molar-refractivity contribution in [3.63, 3.8) is 0 Å². The Hall–Kier alpha value is -1.03. The predicted molar refractivity (Wildman–Crippen MR) is 50.8 cm³/mol. The Labute approximate surface area is 69.2 Å². The Morgan fingerprint density at radius 3 is 2.18 bits per heavy atom. The van der Waals surface area contributed by atoms with E-state index in [4.69, 9.17) is 6.42 Å². The van der Waals surface area contributed by atoms with Crippen molar-refractivity contribution in [1.82, 2.24) is 0 Å². The summed E-state index contributed by atoms with van der Waals surface area (Å²) < 4.78 is 0. The van der Waals surface area contributed by atoms with Crippen molar-refractivity contribution in [1.29, 1.82) is 0 Å². The standard InChI is InChI=1S/C10H15N/c1-6-9(8(3)4)10(7-2)11-5/h2,6,8H,1,3-5H3/b9-6-,11-10?. The first-order valence-electron chi connectivity index (χ1n) is 3.77. The molecule has 0 N–H and O–H groups in total. The Morgan fingerprint density at radius 1 is 1.55 bits per heavy atom. The van der Waals surface area contributed by atoms with Crippen LogP contribution in [0.15, 0.2) is 16.6 Å². The molecule has 1 heteroatoms. The van der Waals surface area contributed by atoms with E-state index in [1.54, 1.807) is 7.05 Å². The second-order valence-electron chi connectivity index (χ2n) is 2.62. The van der Waals surface area contributed by atoms with E-state index in [1.807, 2.05) is 13.0 Å². The van der Waals surface area contributed by atoms with E-state index in [2.05, 4.69) is 24.8 Å². The van der Waals surface area contributed by atoms with Crippen LogP contribution in [0.3, 0.4) is 0 Å². The largest absolute Gasteiger partial charge is 0.279 e. The maximum Gasteiger partial charge on any atom is 0.110 e. The van der Waals surface area contributed by atoms with Gasteiger partial charge in [-0.25, -0.2) is 0 Å². The van der Waals surface area contributed by atoms with E-state index in [0.717, 1.165) is 11.3 Å². The molecular weight excluding hydrogens is 134 g/mol. The molecule has 0 spiro atoms. The van der Waals surface area contributed by atoms with Crippen molar-refractivity contribution in [2.24, 2.45) is 10.9 Å². The number of aliphatic imine (C=N–C) groups is 1. The van der Waals surface area contributed by atoms with E-state index in [0.29, 0.717) is 5.92 Å². The van der Waals surface area contributed by atoms with Gasteiger partial charge < -0.3 is 0 Å². The van der Waals surface area contributed by atoms with Gasteiger partial charge in [-0.3, -0.25) is 4.99 Å². The molecule has 1 nitrogen and oxygen atoms in total. The second kappa shape index (κ2) is 4.73. The van der Waals surface area contributed by atoms with Crippen LogP contribution in [0.5, 0.6) is 0 Å². The average molecular weight is 149 g/mol. The first-order valence-corrected chi connectivity index (χ1v) is 3.77. The van der Waals surface area contributed by atoms with Crippen LogP contribution in [0.2, 0.25) is 0 Å². The van der Waals surface area contributed by atoms with E-state index in [1.165, 1.54) is 0 Å². The number of rotatable bonds is 2. The number of terminal acetylenes is 1. The van der Waals surface area contributed by atoms with Crippen LogP contribution in [0, 0.1) is 18.3 Å². The Morgan fingerprint density at radius 2 is 2.09 bits per heavy atom. The van der Waals surface area contributed by atoms with Crippen molar-refractivity contribution >= 4 is 5.71 Å². The molecule has 0 aromatic carbocycles.